The van der Waals surface area contributed by atoms with Crippen LogP contribution in [0.25, 0.3) is 44.1 Å². The minimum Gasteiger partial charge on any atom is -0.496 e. The zero-order chi connectivity index (χ0) is 48.8. The molecule has 3 aromatic heterocycles. The van der Waals surface area contributed by atoms with Crippen LogP contribution >= 0.6 is 11.3 Å². The van der Waals surface area contributed by atoms with E-state index in [1.165, 1.54) is 18.1 Å². The molecule has 362 valence electrons. The average Bonchev–Trinajstić information content (AvgIpc) is 4.09. The van der Waals surface area contributed by atoms with E-state index in [-0.39, 0.29) is 55.0 Å². The monoisotopic (exact) mass is 958 g/mol. The molecule has 6 aromatic rings. The number of carbonyl (C=O) groups excluding carboxylic acids is 4. The molecule has 16 nitrogen and oxygen atoms in total. The van der Waals surface area contributed by atoms with Crippen molar-refractivity contribution in [1.29, 1.82) is 0 Å². The van der Waals surface area contributed by atoms with Gasteiger partial charge >= 0.3 is 0 Å². The van der Waals surface area contributed by atoms with Crippen molar-refractivity contribution < 1.29 is 33.4 Å². The number of thiazole rings is 1. The van der Waals surface area contributed by atoms with Crippen LogP contribution in [-0.4, -0.2) is 122 Å². The average molecular weight is 959 g/mol. The number of rotatable bonds is 16. The molecule has 0 radical (unpaired) electrons. The Kier molecular flexibility index (Phi) is 15.0. The maximum Gasteiger partial charge on any atom is 0.246 e. The van der Waals surface area contributed by atoms with Crippen LogP contribution < -0.4 is 20.3 Å². The SMILES string of the molecule is COc1cccc(F)c1-c1ncc2[nH]nc(-c3ccc(N4CCN(C(=O)CCCCCC(=O)N[C@H](C(=O)N5C[C@H](O)C[C@H]5C(=O)NCc5ccc(-c6scnc6C)cc5)C(C)(C)C)CC4)cc3)c2n1. The molecule has 3 aromatic carbocycles. The first-order chi connectivity index (χ1) is 33.2. The number of carbonyl (C=O) groups is 4. The zero-order valence-corrected chi connectivity index (χ0v) is 40.4. The first-order valence-corrected chi connectivity index (χ1v) is 24.3. The smallest absolute Gasteiger partial charge is 0.246 e. The fourth-order valence-electron chi connectivity index (χ4n) is 8.98. The number of halogens is 1. The van der Waals surface area contributed by atoms with E-state index in [1.807, 2.05) is 86.6 Å². The number of amides is 4. The maximum atomic E-state index is 14.8. The highest BCUT2D eigenvalue weighted by molar-refractivity contribution is 7.13. The number of likely N-dealkylation sites (tertiary alicyclic amines) is 1. The molecule has 69 heavy (non-hydrogen) atoms. The number of fused-ring (bicyclic) bond motifs is 1. The second-order valence-corrected chi connectivity index (χ2v) is 19.6. The molecular formula is C51H59FN10O6S. The van der Waals surface area contributed by atoms with Crippen LogP contribution in [0.15, 0.2) is 78.4 Å². The summed E-state index contributed by atoms with van der Waals surface area (Å²) in [5.74, 6) is -0.912. The third-order valence-electron chi connectivity index (χ3n) is 12.9. The molecule has 2 fully saturated rings. The van der Waals surface area contributed by atoms with Gasteiger partial charge in [0.2, 0.25) is 23.6 Å². The number of aromatic nitrogens is 5. The number of nitrogens with zero attached hydrogens (tertiary/aromatic N) is 7. The lowest BCUT2D eigenvalue weighted by Crippen LogP contribution is -2.57. The molecule has 0 unspecified atom stereocenters. The maximum absolute atomic E-state index is 14.8. The van der Waals surface area contributed by atoms with Crippen molar-refractivity contribution in [2.75, 3.05) is 44.7 Å². The predicted molar refractivity (Wildman–Crippen MR) is 263 cm³/mol. The Labute approximate surface area is 404 Å². The number of β-amino-alcohol motifs (C(OH)–C–C–N with tert-alkyl or cyclic N) is 1. The molecule has 4 N–H and O–H groups in total. The van der Waals surface area contributed by atoms with E-state index in [1.54, 1.807) is 29.7 Å². The Morgan fingerprint density at radius 3 is 2.36 bits per heavy atom. The van der Waals surface area contributed by atoms with Gasteiger partial charge in [-0.3, -0.25) is 24.3 Å². The number of hydrogen-bond acceptors (Lipinski definition) is 12. The lowest BCUT2D eigenvalue weighted by molar-refractivity contribution is -0.144. The quantitative estimate of drug-likeness (QED) is 0.0756. The summed E-state index contributed by atoms with van der Waals surface area (Å²) >= 11 is 1.57. The number of ether oxygens (including phenoxy) is 1. The second-order valence-electron chi connectivity index (χ2n) is 18.8. The van der Waals surface area contributed by atoms with Crippen LogP contribution in [0.2, 0.25) is 0 Å². The summed E-state index contributed by atoms with van der Waals surface area (Å²) in [5, 5.41) is 23.9. The lowest BCUT2D eigenvalue weighted by Gasteiger charge is -2.36. The van der Waals surface area contributed by atoms with Gasteiger partial charge in [0.1, 0.15) is 40.4 Å². The Bertz CT molecular complexity index is 2780. The summed E-state index contributed by atoms with van der Waals surface area (Å²) in [7, 11) is 1.47. The number of aromatic amines is 1. The number of benzene rings is 3. The first-order valence-electron chi connectivity index (χ1n) is 23.4. The van der Waals surface area contributed by atoms with Gasteiger partial charge in [0.15, 0.2) is 5.82 Å². The molecule has 2 aliphatic rings. The summed E-state index contributed by atoms with van der Waals surface area (Å²) in [6.07, 6.45) is 3.25. The number of unbranched alkanes of at least 4 members (excludes halogenated alkanes) is 2. The molecule has 0 spiro atoms. The second kappa shape index (κ2) is 21.2. The van der Waals surface area contributed by atoms with E-state index in [4.69, 9.17) is 4.74 Å². The van der Waals surface area contributed by atoms with Gasteiger partial charge in [0.05, 0.1) is 41.1 Å². The normalized spacial score (nSPS) is 16.7. The van der Waals surface area contributed by atoms with Crippen LogP contribution in [0.1, 0.15) is 70.6 Å². The Hall–Kier alpha value is -6.79. The summed E-state index contributed by atoms with van der Waals surface area (Å²) in [6.45, 7) is 10.3. The molecule has 4 amide bonds. The summed E-state index contributed by atoms with van der Waals surface area (Å²) in [6, 6.07) is 18.7. The molecule has 2 aliphatic heterocycles. The van der Waals surface area contributed by atoms with E-state index in [2.05, 4.69) is 40.7 Å². The van der Waals surface area contributed by atoms with Crippen molar-refractivity contribution in [3.8, 4) is 38.8 Å². The third-order valence-corrected chi connectivity index (χ3v) is 13.8. The van der Waals surface area contributed by atoms with E-state index in [9.17, 15) is 28.7 Å². The lowest BCUT2D eigenvalue weighted by atomic mass is 9.85. The largest absolute Gasteiger partial charge is 0.496 e. The summed E-state index contributed by atoms with van der Waals surface area (Å²) in [4.78, 5) is 74.0. The molecule has 5 heterocycles. The number of aliphatic hydroxyl groups excluding tert-OH is 1. The predicted octanol–water partition coefficient (Wildman–Crippen LogP) is 6.67. The van der Waals surface area contributed by atoms with Crippen LogP contribution in [0.5, 0.6) is 5.75 Å². The molecule has 0 aliphatic carbocycles. The molecule has 3 atom stereocenters. The number of nitrogens with one attached hydrogen (secondary N) is 3. The Morgan fingerprint density at radius 2 is 1.67 bits per heavy atom. The van der Waals surface area contributed by atoms with Crippen LogP contribution in [-0.2, 0) is 25.7 Å². The Morgan fingerprint density at radius 1 is 0.942 bits per heavy atom. The number of piperazine rings is 1. The van der Waals surface area contributed by atoms with E-state index in [0.29, 0.717) is 74.3 Å². The number of H-pyrrole nitrogens is 1. The minimum atomic E-state index is -0.912. The highest BCUT2D eigenvalue weighted by Gasteiger charge is 2.44. The van der Waals surface area contributed by atoms with Gasteiger partial charge in [-0.2, -0.15) is 5.10 Å². The Balaban J connectivity index is 0.765. The number of methoxy groups -OCH3 is 1. The number of aryl methyl sites for hydroxylation is 1. The minimum absolute atomic E-state index is 0.00126. The number of aliphatic hydroxyl groups is 1. The molecule has 0 saturated carbocycles. The van der Waals surface area contributed by atoms with Crippen molar-refractivity contribution in [3.63, 3.8) is 0 Å². The number of anilines is 1. The van der Waals surface area contributed by atoms with Gasteiger partial charge in [0.25, 0.3) is 0 Å². The van der Waals surface area contributed by atoms with Crippen molar-refractivity contribution in [1.82, 2.24) is 45.6 Å². The van der Waals surface area contributed by atoms with E-state index < -0.39 is 35.3 Å². The summed E-state index contributed by atoms with van der Waals surface area (Å²) in [5.41, 5.74) is 7.88. The van der Waals surface area contributed by atoms with Gasteiger partial charge in [-0.1, -0.05) is 69.7 Å². The standard InChI is InChI=1S/C51H59FN10O6S/c1-31-46(69-30-55-31)34-16-14-32(15-17-34)27-54-49(66)39-26-36(63)29-62(39)50(67)47(51(2,3)4)56-41(64)12-7-6-8-13-42(65)61-24-22-60(23-25-61)35-20-18-33(19-21-35)44-45-38(58-59-44)28-53-48(57-45)43-37(52)10-9-11-40(43)68-5/h9-11,14-21,28,30,36,39,47,63H,6-8,12-13,22-27,29H2,1-5H3,(H,54,66)(H,56,64)(H,58,59)/t36-,39+,47-/m1/s1. The fraction of sp³-hybridized carbons (Fsp3) is 0.412. The van der Waals surface area contributed by atoms with Crippen molar-refractivity contribution in [2.45, 2.75) is 91.0 Å². The molecule has 18 heteroatoms. The van der Waals surface area contributed by atoms with Crippen LogP contribution in [0, 0.1) is 18.2 Å². The summed E-state index contributed by atoms with van der Waals surface area (Å²) < 4.78 is 20.2. The molecule has 8 rings (SSSR count). The van der Waals surface area contributed by atoms with Gasteiger partial charge in [-0.15, -0.1) is 11.3 Å². The van der Waals surface area contributed by atoms with Gasteiger partial charge in [-0.05, 0) is 60.6 Å². The van der Waals surface area contributed by atoms with Crippen molar-refractivity contribution in [3.05, 3.63) is 95.5 Å². The first kappa shape index (κ1) is 48.7. The zero-order valence-electron chi connectivity index (χ0n) is 39.6. The van der Waals surface area contributed by atoms with Crippen LogP contribution in [0.4, 0.5) is 10.1 Å². The van der Waals surface area contributed by atoms with Gasteiger partial charge < -0.3 is 35.2 Å². The van der Waals surface area contributed by atoms with E-state index in [0.717, 1.165) is 32.9 Å². The van der Waals surface area contributed by atoms with Crippen molar-refractivity contribution in [2.24, 2.45) is 5.41 Å². The van der Waals surface area contributed by atoms with Gasteiger partial charge in [-0.25, -0.2) is 19.3 Å². The molecular weight excluding hydrogens is 900 g/mol. The molecule has 2 saturated heterocycles. The fourth-order valence-corrected chi connectivity index (χ4v) is 9.79. The highest BCUT2D eigenvalue weighted by atomic mass is 32.1. The van der Waals surface area contributed by atoms with Crippen molar-refractivity contribution >= 4 is 51.7 Å². The van der Waals surface area contributed by atoms with E-state index >= 15 is 0 Å². The third kappa shape index (κ3) is 11.2. The van der Waals surface area contributed by atoms with Crippen LogP contribution in [0.3, 0.4) is 0 Å². The topological polar surface area (TPSA) is 199 Å². The highest BCUT2D eigenvalue weighted by Crippen LogP contribution is 2.34. The molecule has 0 bridgehead atoms. The van der Waals surface area contributed by atoms with Gasteiger partial charge in [0, 0.05) is 69.8 Å². The number of hydrogen-bond donors (Lipinski definition) is 4.